The summed E-state index contributed by atoms with van der Waals surface area (Å²) >= 11 is 0. The molecule has 0 aliphatic rings. The van der Waals surface area contributed by atoms with E-state index in [9.17, 15) is 4.79 Å². The highest BCUT2D eigenvalue weighted by atomic mass is 16.1. The minimum absolute atomic E-state index is 0.729. The first-order valence-electron chi connectivity index (χ1n) is 6.85. The molecular formula is C20H20O. The van der Waals surface area contributed by atoms with Crippen molar-refractivity contribution in [2.24, 2.45) is 0 Å². The van der Waals surface area contributed by atoms with Crippen molar-refractivity contribution in [3.05, 3.63) is 108 Å². The fourth-order valence-electron chi connectivity index (χ4n) is 1.45. The monoisotopic (exact) mass is 276 g/mol. The van der Waals surface area contributed by atoms with Gasteiger partial charge in [0.15, 0.2) is 0 Å². The fraction of sp³-hybridized carbons (Fsp3) is 0.0500. The average molecular weight is 276 g/mol. The number of rotatable bonds is 1. The van der Waals surface area contributed by atoms with Gasteiger partial charge in [-0.15, -0.1) is 0 Å². The van der Waals surface area contributed by atoms with Crippen molar-refractivity contribution in [3.63, 3.8) is 0 Å². The molecule has 0 atom stereocenters. The molecule has 1 nitrogen and oxygen atoms in total. The second-order valence-electron chi connectivity index (χ2n) is 4.34. The minimum atomic E-state index is 0.729. The van der Waals surface area contributed by atoms with Crippen LogP contribution in [0, 0.1) is 6.92 Å². The van der Waals surface area contributed by atoms with Gasteiger partial charge < -0.3 is 0 Å². The van der Waals surface area contributed by atoms with E-state index < -0.39 is 0 Å². The Labute approximate surface area is 126 Å². The summed E-state index contributed by atoms with van der Waals surface area (Å²) in [6, 6.07) is 31.4. The zero-order valence-corrected chi connectivity index (χ0v) is 12.2. The molecular weight excluding hydrogens is 256 g/mol. The van der Waals surface area contributed by atoms with Gasteiger partial charge in [0.05, 0.1) is 0 Å². The van der Waals surface area contributed by atoms with Gasteiger partial charge in [0, 0.05) is 5.56 Å². The molecule has 0 aliphatic heterocycles. The van der Waals surface area contributed by atoms with Crippen molar-refractivity contribution in [2.75, 3.05) is 0 Å². The number of aldehydes is 1. The van der Waals surface area contributed by atoms with Gasteiger partial charge in [0.25, 0.3) is 0 Å². The lowest BCUT2D eigenvalue weighted by atomic mass is 10.2. The second-order valence-corrected chi connectivity index (χ2v) is 4.34. The number of hydrogen-bond donors (Lipinski definition) is 0. The predicted molar refractivity (Wildman–Crippen MR) is 89.5 cm³/mol. The summed E-state index contributed by atoms with van der Waals surface area (Å²) in [5.41, 5.74) is 2.05. The van der Waals surface area contributed by atoms with Gasteiger partial charge in [-0.2, -0.15) is 0 Å². The van der Waals surface area contributed by atoms with E-state index in [-0.39, 0.29) is 0 Å². The third kappa shape index (κ3) is 8.95. The molecule has 0 bridgehead atoms. The van der Waals surface area contributed by atoms with Crippen LogP contribution in [0.4, 0.5) is 0 Å². The number of benzene rings is 3. The first-order chi connectivity index (χ1) is 10.3. The Morgan fingerprint density at radius 1 is 0.571 bits per heavy atom. The quantitative estimate of drug-likeness (QED) is 0.560. The fourth-order valence-corrected chi connectivity index (χ4v) is 1.45. The smallest absolute Gasteiger partial charge is 0.150 e. The molecule has 1 heteroatoms. The lowest BCUT2D eigenvalue weighted by Crippen LogP contribution is -1.73. The molecule has 3 aromatic rings. The standard InChI is InChI=1S/C7H6O.C7H8.C6H6/c8-6-7-4-2-1-3-5-7;1-7-5-3-2-4-6-7;1-2-4-6-5-3-1/h1-6H;2-6H,1H3;1-6H. The summed E-state index contributed by atoms with van der Waals surface area (Å²) in [6.07, 6.45) is 0.833. The lowest BCUT2D eigenvalue weighted by Gasteiger charge is -1.82. The zero-order chi connectivity index (χ0) is 15.2. The van der Waals surface area contributed by atoms with Crippen LogP contribution in [0.15, 0.2) is 97.1 Å². The molecule has 106 valence electrons. The summed E-state index contributed by atoms with van der Waals surface area (Å²) in [4.78, 5) is 10.0. The van der Waals surface area contributed by atoms with Crippen molar-refractivity contribution < 1.29 is 4.79 Å². The first-order valence-corrected chi connectivity index (χ1v) is 6.85. The van der Waals surface area contributed by atoms with Crippen molar-refractivity contribution in [1.82, 2.24) is 0 Å². The first kappa shape index (κ1) is 16.4. The maximum atomic E-state index is 10.0. The van der Waals surface area contributed by atoms with Gasteiger partial charge in [-0.1, -0.05) is 103 Å². The van der Waals surface area contributed by atoms with Crippen molar-refractivity contribution in [2.45, 2.75) is 6.92 Å². The molecule has 0 fully saturated rings. The Morgan fingerprint density at radius 3 is 1.14 bits per heavy atom. The van der Waals surface area contributed by atoms with Gasteiger partial charge in [-0.3, -0.25) is 4.79 Å². The normalized spacial score (nSPS) is 8.43. The van der Waals surface area contributed by atoms with Crippen molar-refractivity contribution in [1.29, 1.82) is 0 Å². The van der Waals surface area contributed by atoms with E-state index >= 15 is 0 Å². The molecule has 0 aromatic heterocycles. The van der Waals surface area contributed by atoms with Gasteiger partial charge in [0.2, 0.25) is 0 Å². The number of hydrogen-bond acceptors (Lipinski definition) is 1. The van der Waals surface area contributed by atoms with E-state index in [1.807, 2.05) is 72.8 Å². The molecule has 0 N–H and O–H groups in total. The van der Waals surface area contributed by atoms with Gasteiger partial charge in [-0.25, -0.2) is 0 Å². The largest absolute Gasteiger partial charge is 0.298 e. The van der Waals surface area contributed by atoms with Gasteiger partial charge in [-0.05, 0) is 6.92 Å². The Bertz CT molecular complexity index is 547. The summed E-state index contributed by atoms with van der Waals surface area (Å²) in [6.45, 7) is 2.08. The van der Waals surface area contributed by atoms with Crippen LogP contribution in [0.3, 0.4) is 0 Å². The molecule has 0 unspecified atom stereocenters. The van der Waals surface area contributed by atoms with Crippen LogP contribution in [0.25, 0.3) is 0 Å². The Kier molecular flexibility index (Phi) is 8.72. The van der Waals surface area contributed by atoms with Gasteiger partial charge in [0.1, 0.15) is 6.29 Å². The maximum absolute atomic E-state index is 10.0. The van der Waals surface area contributed by atoms with Crippen LogP contribution < -0.4 is 0 Å². The van der Waals surface area contributed by atoms with E-state index in [2.05, 4.69) is 19.1 Å². The molecule has 0 amide bonds. The molecule has 0 saturated carbocycles. The summed E-state index contributed by atoms with van der Waals surface area (Å²) in [5, 5.41) is 0. The zero-order valence-electron chi connectivity index (χ0n) is 12.2. The molecule has 0 spiro atoms. The molecule has 0 saturated heterocycles. The van der Waals surface area contributed by atoms with E-state index in [0.717, 1.165) is 11.8 Å². The molecule has 3 aromatic carbocycles. The summed E-state index contributed by atoms with van der Waals surface area (Å²) in [5.74, 6) is 0. The van der Waals surface area contributed by atoms with E-state index in [0.29, 0.717) is 0 Å². The van der Waals surface area contributed by atoms with Crippen LogP contribution in [0.1, 0.15) is 15.9 Å². The topological polar surface area (TPSA) is 17.1 Å². The number of aryl methyl sites for hydroxylation is 1. The van der Waals surface area contributed by atoms with Crippen LogP contribution in [-0.4, -0.2) is 6.29 Å². The van der Waals surface area contributed by atoms with E-state index in [4.69, 9.17) is 0 Å². The molecule has 21 heavy (non-hydrogen) atoms. The molecule has 0 heterocycles. The maximum Gasteiger partial charge on any atom is 0.150 e. The summed E-state index contributed by atoms with van der Waals surface area (Å²) < 4.78 is 0. The van der Waals surface area contributed by atoms with E-state index in [1.54, 1.807) is 12.1 Å². The van der Waals surface area contributed by atoms with Crippen LogP contribution in [0.2, 0.25) is 0 Å². The summed E-state index contributed by atoms with van der Waals surface area (Å²) in [7, 11) is 0. The highest BCUT2D eigenvalue weighted by Crippen LogP contribution is 1.92. The predicted octanol–water partition coefficient (Wildman–Crippen LogP) is 5.18. The molecule has 0 radical (unpaired) electrons. The molecule has 0 aliphatic carbocycles. The highest BCUT2D eigenvalue weighted by Gasteiger charge is 1.80. The lowest BCUT2D eigenvalue weighted by molar-refractivity contribution is 0.112. The molecule has 3 rings (SSSR count). The Hall–Kier alpha value is -2.67. The minimum Gasteiger partial charge on any atom is -0.298 e. The second kappa shape index (κ2) is 11.2. The van der Waals surface area contributed by atoms with Gasteiger partial charge >= 0.3 is 0 Å². The SMILES string of the molecule is Cc1ccccc1.O=Cc1ccccc1.c1ccccc1. The number of carbonyl (C=O) groups is 1. The van der Waals surface area contributed by atoms with Crippen LogP contribution >= 0.6 is 0 Å². The Morgan fingerprint density at radius 2 is 0.905 bits per heavy atom. The van der Waals surface area contributed by atoms with E-state index in [1.165, 1.54) is 5.56 Å². The van der Waals surface area contributed by atoms with Crippen molar-refractivity contribution in [3.8, 4) is 0 Å². The Balaban J connectivity index is 0.000000159. The highest BCUT2D eigenvalue weighted by molar-refractivity contribution is 5.74. The average Bonchev–Trinajstić information content (AvgIpc) is 2.59. The third-order valence-electron chi connectivity index (χ3n) is 2.54. The number of carbonyl (C=O) groups excluding carboxylic acids is 1. The third-order valence-corrected chi connectivity index (χ3v) is 2.54. The van der Waals surface area contributed by atoms with Crippen LogP contribution in [-0.2, 0) is 0 Å². The van der Waals surface area contributed by atoms with Crippen LogP contribution in [0.5, 0.6) is 0 Å². The van der Waals surface area contributed by atoms with Crippen molar-refractivity contribution >= 4 is 6.29 Å².